The van der Waals surface area contributed by atoms with Crippen molar-refractivity contribution in [3.05, 3.63) is 27.2 Å². The second kappa shape index (κ2) is 4.78. The maximum atomic E-state index is 11.3. The predicted molar refractivity (Wildman–Crippen MR) is 64.6 cm³/mol. The zero-order valence-corrected chi connectivity index (χ0v) is 10.8. The van der Waals surface area contributed by atoms with Gasteiger partial charge in [-0.3, -0.25) is 4.72 Å². The molecule has 0 aliphatic rings. The molecule has 0 aromatic heterocycles. The number of hydrogen-bond acceptors (Lipinski definition) is 2. The first-order chi connectivity index (χ1) is 6.85. The number of rotatable bonds is 3. The van der Waals surface area contributed by atoms with Crippen molar-refractivity contribution in [2.45, 2.75) is 6.92 Å². The zero-order valence-electron chi connectivity index (χ0n) is 7.72. The van der Waals surface area contributed by atoms with Gasteiger partial charge in [-0.2, -0.15) is 0 Å². The van der Waals surface area contributed by atoms with Gasteiger partial charge in [-0.1, -0.05) is 34.8 Å². The Bertz CT molecular complexity index is 450. The standard InChI is InChI=1S/C8H8Cl3NO2S/c1-2-15(13,14)12-8-6(10)3-5(9)4-7(8)11/h3-4,12H,2H2,1H3. The molecule has 0 radical (unpaired) electrons. The average molecular weight is 289 g/mol. The quantitative estimate of drug-likeness (QED) is 0.926. The number of sulfonamides is 1. The largest absolute Gasteiger partial charge is 0.281 e. The van der Waals surface area contributed by atoms with E-state index in [0.29, 0.717) is 5.02 Å². The summed E-state index contributed by atoms with van der Waals surface area (Å²) < 4.78 is 24.9. The van der Waals surface area contributed by atoms with Crippen molar-refractivity contribution in [3.63, 3.8) is 0 Å². The molecule has 1 aromatic rings. The Balaban J connectivity index is 3.17. The van der Waals surface area contributed by atoms with Crippen molar-refractivity contribution in [3.8, 4) is 0 Å². The van der Waals surface area contributed by atoms with Crippen molar-refractivity contribution >= 4 is 50.5 Å². The topological polar surface area (TPSA) is 46.2 Å². The van der Waals surface area contributed by atoms with Crippen LogP contribution in [-0.2, 0) is 10.0 Å². The minimum Gasteiger partial charge on any atom is -0.281 e. The van der Waals surface area contributed by atoms with Crippen LogP contribution in [0.25, 0.3) is 0 Å². The van der Waals surface area contributed by atoms with Crippen molar-refractivity contribution in [1.82, 2.24) is 0 Å². The lowest BCUT2D eigenvalue weighted by Gasteiger charge is -2.10. The molecular weight excluding hydrogens is 281 g/mol. The molecule has 0 saturated heterocycles. The van der Waals surface area contributed by atoms with Crippen LogP contribution in [0.2, 0.25) is 15.1 Å². The third kappa shape index (κ3) is 3.41. The lowest BCUT2D eigenvalue weighted by molar-refractivity contribution is 0.602. The van der Waals surface area contributed by atoms with Crippen LogP contribution in [0.15, 0.2) is 12.1 Å². The fraction of sp³-hybridized carbons (Fsp3) is 0.250. The van der Waals surface area contributed by atoms with Gasteiger partial charge in [-0.05, 0) is 19.1 Å². The van der Waals surface area contributed by atoms with Crippen LogP contribution < -0.4 is 4.72 Å². The van der Waals surface area contributed by atoms with Gasteiger partial charge in [0.1, 0.15) is 0 Å². The number of anilines is 1. The molecule has 0 spiro atoms. The van der Waals surface area contributed by atoms with Crippen LogP contribution in [-0.4, -0.2) is 14.2 Å². The lowest BCUT2D eigenvalue weighted by Crippen LogP contribution is -2.15. The molecule has 0 saturated carbocycles. The van der Waals surface area contributed by atoms with E-state index < -0.39 is 10.0 Å². The second-order valence-corrected chi connectivity index (χ2v) is 6.01. The van der Waals surface area contributed by atoms with Crippen molar-refractivity contribution in [2.24, 2.45) is 0 Å². The monoisotopic (exact) mass is 287 g/mol. The molecule has 1 aromatic carbocycles. The molecule has 3 nitrogen and oxygen atoms in total. The van der Waals surface area contributed by atoms with Gasteiger partial charge in [0.15, 0.2) is 0 Å². The van der Waals surface area contributed by atoms with Gasteiger partial charge < -0.3 is 0 Å². The maximum absolute atomic E-state index is 11.3. The number of benzene rings is 1. The molecule has 0 unspecified atom stereocenters. The van der Waals surface area contributed by atoms with E-state index in [0.717, 1.165) is 0 Å². The Hall–Kier alpha value is -0.160. The summed E-state index contributed by atoms with van der Waals surface area (Å²) in [5, 5.41) is 0.693. The van der Waals surface area contributed by atoms with Gasteiger partial charge in [-0.25, -0.2) is 8.42 Å². The first-order valence-corrected chi connectivity index (χ1v) is 6.79. The summed E-state index contributed by atoms with van der Waals surface area (Å²) in [6.45, 7) is 1.51. The van der Waals surface area contributed by atoms with Gasteiger partial charge >= 0.3 is 0 Å². The molecule has 84 valence electrons. The minimum atomic E-state index is -3.39. The molecule has 0 aliphatic heterocycles. The van der Waals surface area contributed by atoms with Crippen molar-refractivity contribution in [1.29, 1.82) is 0 Å². The van der Waals surface area contributed by atoms with E-state index in [2.05, 4.69) is 4.72 Å². The summed E-state index contributed by atoms with van der Waals surface area (Å²) in [6.07, 6.45) is 0. The molecule has 0 fully saturated rings. The number of nitrogens with one attached hydrogen (secondary N) is 1. The van der Waals surface area contributed by atoms with Crippen molar-refractivity contribution < 1.29 is 8.42 Å². The normalized spacial score (nSPS) is 11.5. The number of halogens is 3. The molecule has 15 heavy (non-hydrogen) atoms. The van der Waals surface area contributed by atoms with Crippen LogP contribution in [0, 0.1) is 0 Å². The minimum absolute atomic E-state index is 0.0533. The summed E-state index contributed by atoms with van der Waals surface area (Å²) in [7, 11) is -3.39. The van der Waals surface area contributed by atoms with Crippen molar-refractivity contribution in [2.75, 3.05) is 10.5 Å². The zero-order chi connectivity index (χ0) is 11.6. The lowest BCUT2D eigenvalue weighted by atomic mass is 10.3. The summed E-state index contributed by atoms with van der Waals surface area (Å²) >= 11 is 17.3. The molecule has 1 N–H and O–H groups in total. The molecular formula is C8H8Cl3NO2S. The summed E-state index contributed by atoms with van der Waals surface area (Å²) in [5.41, 5.74) is 0.157. The molecule has 0 atom stereocenters. The SMILES string of the molecule is CCS(=O)(=O)Nc1c(Cl)cc(Cl)cc1Cl. The molecule has 0 bridgehead atoms. The van der Waals surface area contributed by atoms with Crippen LogP contribution in [0.5, 0.6) is 0 Å². The van der Waals surface area contributed by atoms with E-state index in [1.54, 1.807) is 0 Å². The van der Waals surface area contributed by atoms with Gasteiger partial charge in [0.25, 0.3) is 0 Å². The Morgan fingerprint density at radius 1 is 1.20 bits per heavy atom. The van der Waals surface area contributed by atoms with E-state index in [-0.39, 0.29) is 21.5 Å². The van der Waals surface area contributed by atoms with Gasteiger partial charge in [-0.15, -0.1) is 0 Å². The summed E-state index contributed by atoms with van der Waals surface area (Å²) in [4.78, 5) is 0. The van der Waals surface area contributed by atoms with E-state index in [1.165, 1.54) is 19.1 Å². The van der Waals surface area contributed by atoms with Crippen LogP contribution in [0.4, 0.5) is 5.69 Å². The molecule has 0 heterocycles. The second-order valence-electron chi connectivity index (χ2n) is 2.75. The smallest absolute Gasteiger partial charge is 0.232 e. The Kier molecular flexibility index (Phi) is 4.12. The first kappa shape index (κ1) is 12.9. The van der Waals surface area contributed by atoms with Gasteiger partial charge in [0.05, 0.1) is 21.5 Å². The third-order valence-corrected chi connectivity index (χ3v) is 3.73. The predicted octanol–water partition coefficient (Wildman–Crippen LogP) is 3.41. The number of hydrogen-bond donors (Lipinski definition) is 1. The van der Waals surface area contributed by atoms with E-state index in [9.17, 15) is 8.42 Å². The fourth-order valence-electron chi connectivity index (χ4n) is 0.867. The summed E-state index contributed by atoms with van der Waals surface area (Å²) in [6, 6.07) is 2.84. The highest BCUT2D eigenvalue weighted by Gasteiger charge is 2.13. The Labute approximate surface area is 103 Å². The molecule has 7 heteroatoms. The van der Waals surface area contributed by atoms with Gasteiger partial charge in [0, 0.05) is 5.02 Å². The Morgan fingerprint density at radius 2 is 1.67 bits per heavy atom. The van der Waals surface area contributed by atoms with Crippen LogP contribution in [0.3, 0.4) is 0 Å². The van der Waals surface area contributed by atoms with Crippen LogP contribution in [0.1, 0.15) is 6.92 Å². The average Bonchev–Trinajstić information content (AvgIpc) is 2.11. The van der Waals surface area contributed by atoms with Crippen LogP contribution >= 0.6 is 34.8 Å². The highest BCUT2D eigenvalue weighted by Crippen LogP contribution is 2.34. The first-order valence-electron chi connectivity index (χ1n) is 4.00. The summed E-state index contributed by atoms with van der Waals surface area (Å²) in [5.74, 6) is -0.0533. The fourth-order valence-corrected chi connectivity index (χ4v) is 2.57. The van der Waals surface area contributed by atoms with E-state index in [4.69, 9.17) is 34.8 Å². The van der Waals surface area contributed by atoms with E-state index >= 15 is 0 Å². The Morgan fingerprint density at radius 3 is 2.07 bits per heavy atom. The molecule has 1 rings (SSSR count). The molecule has 0 amide bonds. The highest BCUT2D eigenvalue weighted by atomic mass is 35.5. The van der Waals surface area contributed by atoms with Gasteiger partial charge in [0.2, 0.25) is 10.0 Å². The van der Waals surface area contributed by atoms with E-state index in [1.807, 2.05) is 0 Å². The molecule has 0 aliphatic carbocycles. The highest BCUT2D eigenvalue weighted by molar-refractivity contribution is 7.92. The maximum Gasteiger partial charge on any atom is 0.232 e. The third-order valence-electron chi connectivity index (χ3n) is 1.64.